The molecule has 3 N–H and O–H groups in total. The third-order valence-electron chi connectivity index (χ3n) is 2.72. The van der Waals surface area contributed by atoms with Crippen molar-refractivity contribution in [2.24, 2.45) is 16.9 Å². The minimum absolute atomic E-state index is 0.199. The van der Waals surface area contributed by atoms with Crippen LogP contribution in [0.1, 0.15) is 19.4 Å². The molecule has 1 atom stereocenters. The van der Waals surface area contributed by atoms with Crippen molar-refractivity contribution in [3.8, 4) is 0 Å². The van der Waals surface area contributed by atoms with Crippen LogP contribution in [0.3, 0.4) is 0 Å². The fraction of sp³-hybridized carbons (Fsp3) is 0.333. The summed E-state index contributed by atoms with van der Waals surface area (Å²) in [6.45, 7) is 3.96. The van der Waals surface area contributed by atoms with Gasteiger partial charge in [-0.15, -0.1) is 0 Å². The lowest BCUT2D eigenvalue weighted by Gasteiger charge is -2.33. The van der Waals surface area contributed by atoms with Gasteiger partial charge in [0.15, 0.2) is 5.71 Å². The molecule has 0 spiro atoms. The van der Waals surface area contributed by atoms with E-state index < -0.39 is 0 Å². The van der Waals surface area contributed by atoms with Crippen LogP contribution >= 0.6 is 0 Å². The van der Waals surface area contributed by atoms with Crippen LogP contribution in [-0.2, 0) is 4.79 Å². The number of nitrogens with zero attached hydrogens (tertiary/aromatic N) is 2. The van der Waals surface area contributed by atoms with Crippen LogP contribution in [0.2, 0.25) is 0 Å². The van der Waals surface area contributed by atoms with Gasteiger partial charge in [-0.25, -0.2) is 5.84 Å². The van der Waals surface area contributed by atoms with Crippen LogP contribution in [0.15, 0.2) is 35.4 Å². The van der Waals surface area contributed by atoms with Gasteiger partial charge in [-0.3, -0.25) is 15.2 Å². The van der Waals surface area contributed by atoms with Crippen molar-refractivity contribution in [2.75, 3.05) is 0 Å². The van der Waals surface area contributed by atoms with Crippen LogP contribution in [0, 0.1) is 5.92 Å². The highest BCUT2D eigenvalue weighted by atomic mass is 16.2. The maximum atomic E-state index is 12.1. The highest BCUT2D eigenvalue weighted by Crippen LogP contribution is 2.12. The average molecular weight is 232 g/mol. The van der Waals surface area contributed by atoms with E-state index in [4.69, 9.17) is 5.84 Å². The first-order valence-corrected chi connectivity index (χ1v) is 5.58. The summed E-state index contributed by atoms with van der Waals surface area (Å²) in [5.74, 6) is 5.73. The Kier molecular flexibility index (Phi) is 3.10. The standard InChI is InChI=1S/C12H16N4O/c1-8(2)11-15-14-10(12(17)16(11)13)9-6-4-3-5-7-9/h3-8,11,15H,13H2,1-2H3. The van der Waals surface area contributed by atoms with E-state index in [1.54, 1.807) is 0 Å². The number of carbonyl (C=O) groups is 1. The normalized spacial score (nSPS) is 20.2. The average Bonchev–Trinajstić information content (AvgIpc) is 2.33. The molecule has 1 aliphatic heterocycles. The topological polar surface area (TPSA) is 70.7 Å². The Morgan fingerprint density at radius 3 is 2.59 bits per heavy atom. The molecule has 1 aromatic carbocycles. The Labute approximate surface area is 100 Å². The molecule has 0 aliphatic carbocycles. The fourth-order valence-electron chi connectivity index (χ4n) is 1.74. The highest BCUT2D eigenvalue weighted by Gasteiger charge is 2.31. The van der Waals surface area contributed by atoms with Crippen LogP contribution in [-0.4, -0.2) is 22.8 Å². The van der Waals surface area contributed by atoms with Gasteiger partial charge in [-0.1, -0.05) is 44.2 Å². The summed E-state index contributed by atoms with van der Waals surface area (Å²) in [6.07, 6.45) is -0.255. The molecular weight excluding hydrogens is 216 g/mol. The number of hydrogen-bond acceptors (Lipinski definition) is 4. The minimum atomic E-state index is -0.256. The zero-order valence-corrected chi connectivity index (χ0v) is 9.92. The molecule has 1 aromatic rings. The number of hydrazine groups is 1. The smallest absolute Gasteiger partial charge is 0.285 e. The minimum Gasteiger partial charge on any atom is -0.285 e. The molecule has 5 heteroatoms. The van der Waals surface area contributed by atoms with Crippen molar-refractivity contribution in [1.29, 1.82) is 0 Å². The summed E-state index contributed by atoms with van der Waals surface area (Å²) in [4.78, 5) is 12.1. The largest absolute Gasteiger partial charge is 0.290 e. The van der Waals surface area contributed by atoms with Gasteiger partial charge in [-0.05, 0) is 5.92 Å². The molecule has 17 heavy (non-hydrogen) atoms. The van der Waals surface area contributed by atoms with Crippen molar-refractivity contribution in [3.63, 3.8) is 0 Å². The first-order chi connectivity index (χ1) is 8.11. The lowest BCUT2D eigenvalue weighted by Crippen LogP contribution is -2.59. The maximum absolute atomic E-state index is 12.1. The van der Waals surface area contributed by atoms with Crippen LogP contribution in [0.4, 0.5) is 0 Å². The number of hydrogen-bond donors (Lipinski definition) is 2. The van der Waals surface area contributed by atoms with E-state index in [1.165, 1.54) is 5.01 Å². The highest BCUT2D eigenvalue weighted by molar-refractivity contribution is 6.45. The summed E-state index contributed by atoms with van der Waals surface area (Å²) in [6, 6.07) is 9.28. The van der Waals surface area contributed by atoms with Crippen molar-refractivity contribution < 1.29 is 4.79 Å². The molecular formula is C12H16N4O. The molecule has 1 amide bonds. The quantitative estimate of drug-likeness (QED) is 0.582. The number of carbonyl (C=O) groups excluding carboxylic acids is 1. The second kappa shape index (κ2) is 4.55. The zero-order chi connectivity index (χ0) is 12.4. The number of amides is 1. The van der Waals surface area contributed by atoms with E-state index in [0.717, 1.165) is 5.56 Å². The second-order valence-electron chi connectivity index (χ2n) is 4.36. The third-order valence-corrected chi connectivity index (χ3v) is 2.72. The van der Waals surface area contributed by atoms with E-state index in [2.05, 4.69) is 10.5 Å². The summed E-state index contributed by atoms with van der Waals surface area (Å²) < 4.78 is 0. The molecule has 2 rings (SSSR count). The van der Waals surface area contributed by atoms with Crippen molar-refractivity contribution >= 4 is 11.6 Å². The van der Waals surface area contributed by atoms with Gasteiger partial charge >= 0.3 is 0 Å². The Balaban J connectivity index is 2.30. The molecule has 90 valence electrons. The van der Waals surface area contributed by atoms with Gasteiger partial charge in [-0.2, -0.15) is 5.10 Å². The maximum Gasteiger partial charge on any atom is 0.290 e. The zero-order valence-electron chi connectivity index (χ0n) is 9.92. The molecule has 1 unspecified atom stereocenters. The van der Waals surface area contributed by atoms with Crippen LogP contribution < -0.4 is 11.3 Å². The molecule has 0 aromatic heterocycles. The number of nitrogens with one attached hydrogen (secondary N) is 1. The predicted molar refractivity (Wildman–Crippen MR) is 65.8 cm³/mol. The SMILES string of the molecule is CC(C)C1NN=C(c2ccccc2)C(=O)N1N. The lowest BCUT2D eigenvalue weighted by molar-refractivity contribution is -0.129. The Bertz CT molecular complexity index is 441. The van der Waals surface area contributed by atoms with Crippen LogP contribution in [0.5, 0.6) is 0 Å². The van der Waals surface area contributed by atoms with E-state index in [1.807, 2.05) is 44.2 Å². The fourth-order valence-corrected chi connectivity index (χ4v) is 1.74. The predicted octanol–water partition coefficient (Wildman–Crippen LogP) is 0.678. The van der Waals surface area contributed by atoms with Gasteiger partial charge in [0.2, 0.25) is 0 Å². The van der Waals surface area contributed by atoms with E-state index >= 15 is 0 Å². The molecule has 0 saturated heterocycles. The van der Waals surface area contributed by atoms with Gasteiger partial charge in [0.25, 0.3) is 5.91 Å². The first-order valence-electron chi connectivity index (χ1n) is 5.58. The Hall–Kier alpha value is -1.88. The Morgan fingerprint density at radius 2 is 2.00 bits per heavy atom. The molecule has 0 bridgehead atoms. The van der Waals surface area contributed by atoms with E-state index in [9.17, 15) is 4.79 Å². The molecule has 0 radical (unpaired) electrons. The summed E-state index contributed by atoms with van der Waals surface area (Å²) in [5.41, 5.74) is 4.03. The number of benzene rings is 1. The van der Waals surface area contributed by atoms with Gasteiger partial charge < -0.3 is 0 Å². The number of nitrogens with two attached hydrogens (primary N) is 1. The number of rotatable bonds is 2. The van der Waals surface area contributed by atoms with Crippen molar-refractivity contribution in [2.45, 2.75) is 20.0 Å². The van der Waals surface area contributed by atoms with Crippen LogP contribution in [0.25, 0.3) is 0 Å². The van der Waals surface area contributed by atoms with Gasteiger partial charge in [0.05, 0.1) is 0 Å². The van der Waals surface area contributed by atoms with Crippen molar-refractivity contribution in [1.82, 2.24) is 10.4 Å². The van der Waals surface area contributed by atoms with Crippen molar-refractivity contribution in [3.05, 3.63) is 35.9 Å². The molecule has 0 fully saturated rings. The number of hydrazone groups is 1. The second-order valence-corrected chi connectivity index (χ2v) is 4.36. The van der Waals surface area contributed by atoms with E-state index in [0.29, 0.717) is 5.71 Å². The monoisotopic (exact) mass is 232 g/mol. The molecule has 1 aliphatic rings. The summed E-state index contributed by atoms with van der Waals surface area (Å²) in [5, 5.41) is 5.34. The molecule has 1 heterocycles. The van der Waals surface area contributed by atoms with E-state index in [-0.39, 0.29) is 18.0 Å². The summed E-state index contributed by atoms with van der Waals surface area (Å²) in [7, 11) is 0. The Morgan fingerprint density at radius 1 is 1.35 bits per heavy atom. The first kappa shape index (κ1) is 11.6. The summed E-state index contributed by atoms with van der Waals surface area (Å²) >= 11 is 0. The van der Waals surface area contributed by atoms with Gasteiger partial charge in [0, 0.05) is 5.56 Å². The molecule has 5 nitrogen and oxygen atoms in total. The lowest BCUT2D eigenvalue weighted by atomic mass is 10.1. The van der Waals surface area contributed by atoms with Gasteiger partial charge in [0.1, 0.15) is 6.17 Å². The molecule has 0 saturated carbocycles. The third kappa shape index (κ3) is 2.14.